The third-order valence-corrected chi connectivity index (χ3v) is 4.44. The van der Waals surface area contributed by atoms with Crippen molar-refractivity contribution in [2.24, 2.45) is 0 Å². The lowest BCUT2D eigenvalue weighted by Gasteiger charge is -2.30. The highest BCUT2D eigenvalue weighted by atomic mass is 16.5. The summed E-state index contributed by atoms with van der Waals surface area (Å²) in [5.74, 6) is 2.99. The first-order chi connectivity index (χ1) is 11.7. The highest BCUT2D eigenvalue weighted by Gasteiger charge is 2.26. The summed E-state index contributed by atoms with van der Waals surface area (Å²) in [6.07, 6.45) is 2.16. The fourth-order valence-electron chi connectivity index (χ4n) is 3.30. The number of likely N-dealkylation sites (tertiary alicyclic amines) is 1. The molecule has 124 valence electrons. The van der Waals surface area contributed by atoms with Gasteiger partial charge < -0.3 is 10.3 Å². The molecule has 7 nitrogen and oxygen atoms in total. The Bertz CT molecular complexity index is 861. The van der Waals surface area contributed by atoms with Crippen molar-refractivity contribution in [3.63, 3.8) is 0 Å². The maximum Gasteiger partial charge on any atom is 0.231 e. The van der Waals surface area contributed by atoms with Gasteiger partial charge in [0, 0.05) is 11.9 Å². The molecule has 1 atom stereocenters. The van der Waals surface area contributed by atoms with Crippen molar-refractivity contribution in [3.8, 4) is 0 Å². The van der Waals surface area contributed by atoms with Gasteiger partial charge in [0.15, 0.2) is 5.82 Å². The zero-order valence-corrected chi connectivity index (χ0v) is 13.6. The molecule has 24 heavy (non-hydrogen) atoms. The Morgan fingerprint density at radius 1 is 1.25 bits per heavy atom. The van der Waals surface area contributed by atoms with Gasteiger partial charge in [0.2, 0.25) is 5.89 Å². The van der Waals surface area contributed by atoms with Crippen LogP contribution in [0.1, 0.15) is 36.3 Å². The number of aryl methyl sites for hydroxylation is 1. The van der Waals surface area contributed by atoms with E-state index in [9.17, 15) is 0 Å². The zero-order chi connectivity index (χ0) is 16.5. The normalized spacial score (nSPS) is 19.0. The molecule has 4 rings (SSSR count). The molecule has 0 aliphatic carbocycles. The summed E-state index contributed by atoms with van der Waals surface area (Å²) in [4.78, 5) is 15.8. The molecule has 1 aliphatic rings. The third kappa shape index (κ3) is 2.94. The third-order valence-electron chi connectivity index (χ3n) is 4.44. The first-order valence-electron chi connectivity index (χ1n) is 8.23. The number of para-hydroxylation sites is 1. The van der Waals surface area contributed by atoms with Crippen LogP contribution in [-0.2, 0) is 6.54 Å². The van der Waals surface area contributed by atoms with Crippen molar-refractivity contribution in [2.75, 3.05) is 18.8 Å². The van der Waals surface area contributed by atoms with Gasteiger partial charge in [-0.2, -0.15) is 4.98 Å². The van der Waals surface area contributed by atoms with E-state index in [2.05, 4.69) is 25.0 Å². The molecule has 2 N–H and O–H groups in total. The number of hydrogen-bond acceptors (Lipinski definition) is 7. The van der Waals surface area contributed by atoms with Crippen LogP contribution in [-0.4, -0.2) is 38.1 Å². The van der Waals surface area contributed by atoms with Gasteiger partial charge >= 0.3 is 0 Å². The predicted molar refractivity (Wildman–Crippen MR) is 90.2 cm³/mol. The zero-order valence-electron chi connectivity index (χ0n) is 13.6. The Kier molecular flexibility index (Phi) is 3.86. The molecule has 7 heteroatoms. The van der Waals surface area contributed by atoms with Gasteiger partial charge in [-0.3, -0.25) is 4.90 Å². The number of rotatable bonds is 3. The van der Waals surface area contributed by atoms with Gasteiger partial charge in [-0.1, -0.05) is 17.3 Å². The minimum Gasteiger partial charge on any atom is -0.383 e. The lowest BCUT2D eigenvalue weighted by Crippen LogP contribution is -2.34. The number of piperidine rings is 1. The van der Waals surface area contributed by atoms with Crippen molar-refractivity contribution in [1.82, 2.24) is 25.0 Å². The average molecular weight is 324 g/mol. The molecule has 0 radical (unpaired) electrons. The number of aromatic nitrogens is 4. The van der Waals surface area contributed by atoms with Crippen LogP contribution < -0.4 is 5.73 Å². The van der Waals surface area contributed by atoms with Crippen LogP contribution in [0.4, 0.5) is 5.82 Å². The summed E-state index contributed by atoms with van der Waals surface area (Å²) in [6, 6.07) is 7.83. The van der Waals surface area contributed by atoms with Crippen LogP contribution >= 0.6 is 0 Å². The van der Waals surface area contributed by atoms with Crippen LogP contribution in [0.3, 0.4) is 0 Å². The average Bonchev–Trinajstić information content (AvgIpc) is 3.02. The van der Waals surface area contributed by atoms with E-state index in [1.165, 1.54) is 0 Å². The van der Waals surface area contributed by atoms with Crippen LogP contribution in [0.5, 0.6) is 0 Å². The van der Waals surface area contributed by atoms with E-state index in [1.54, 1.807) is 0 Å². The quantitative estimate of drug-likeness (QED) is 0.789. The largest absolute Gasteiger partial charge is 0.383 e. The Labute approximate surface area is 139 Å². The molecule has 1 aromatic carbocycles. The molecule has 3 aromatic rings. The number of nitrogen functional groups attached to an aromatic ring is 1. The molecule has 1 aliphatic heterocycles. The highest BCUT2D eigenvalue weighted by Crippen LogP contribution is 2.26. The second-order valence-corrected chi connectivity index (χ2v) is 6.30. The summed E-state index contributed by atoms with van der Waals surface area (Å²) in [5, 5.41) is 4.80. The second-order valence-electron chi connectivity index (χ2n) is 6.30. The van der Waals surface area contributed by atoms with Crippen molar-refractivity contribution in [3.05, 3.63) is 41.8 Å². The number of fused-ring (bicyclic) bond motifs is 1. The number of nitrogens with two attached hydrogens (primary N) is 1. The van der Waals surface area contributed by atoms with E-state index in [-0.39, 0.29) is 5.92 Å². The molecule has 1 fully saturated rings. The molecule has 0 saturated carbocycles. The van der Waals surface area contributed by atoms with Crippen molar-refractivity contribution in [2.45, 2.75) is 32.2 Å². The lowest BCUT2D eigenvalue weighted by atomic mass is 9.98. The molecule has 0 unspecified atom stereocenters. The Morgan fingerprint density at radius 2 is 2.12 bits per heavy atom. The van der Waals surface area contributed by atoms with E-state index in [4.69, 9.17) is 10.3 Å². The topological polar surface area (TPSA) is 94.0 Å². The van der Waals surface area contributed by atoms with E-state index < -0.39 is 0 Å². The number of hydrogen-bond donors (Lipinski definition) is 1. The first-order valence-corrected chi connectivity index (χ1v) is 8.23. The van der Waals surface area contributed by atoms with Gasteiger partial charge in [0.1, 0.15) is 11.6 Å². The van der Waals surface area contributed by atoms with Crippen LogP contribution in [0, 0.1) is 6.92 Å². The molecular weight excluding hydrogens is 304 g/mol. The van der Waals surface area contributed by atoms with Crippen LogP contribution in [0.15, 0.2) is 28.8 Å². The number of benzene rings is 1. The maximum atomic E-state index is 6.08. The monoisotopic (exact) mass is 324 g/mol. The lowest BCUT2D eigenvalue weighted by molar-refractivity contribution is 0.177. The molecule has 0 bridgehead atoms. The summed E-state index contributed by atoms with van der Waals surface area (Å²) >= 11 is 0. The summed E-state index contributed by atoms with van der Waals surface area (Å²) in [7, 11) is 0. The molecule has 2 aromatic heterocycles. The van der Waals surface area contributed by atoms with Crippen molar-refractivity contribution in [1.29, 1.82) is 0 Å². The molecule has 0 spiro atoms. The SMILES string of the molecule is Cc1noc([C@H]2CCCN(Cc3nc(N)c4ccccc4n3)C2)n1. The fraction of sp³-hybridized carbons (Fsp3) is 0.412. The summed E-state index contributed by atoms with van der Waals surface area (Å²) in [6.45, 7) is 4.41. The standard InChI is InChI=1S/C17H20N6O/c1-11-19-17(24-22-11)12-5-4-8-23(9-12)10-15-20-14-7-3-2-6-13(14)16(18)21-15/h2-3,6-7,12H,4-5,8-10H2,1H3,(H2,18,20,21)/t12-/m0/s1. The van der Waals surface area contributed by atoms with Crippen LogP contribution in [0.2, 0.25) is 0 Å². The Balaban J connectivity index is 1.52. The van der Waals surface area contributed by atoms with E-state index in [1.807, 2.05) is 31.2 Å². The highest BCUT2D eigenvalue weighted by molar-refractivity contribution is 5.87. The smallest absolute Gasteiger partial charge is 0.231 e. The van der Waals surface area contributed by atoms with E-state index >= 15 is 0 Å². The van der Waals surface area contributed by atoms with E-state index in [0.717, 1.165) is 48.5 Å². The van der Waals surface area contributed by atoms with Gasteiger partial charge in [0.25, 0.3) is 0 Å². The summed E-state index contributed by atoms with van der Waals surface area (Å²) < 4.78 is 5.34. The maximum absolute atomic E-state index is 6.08. The van der Waals surface area contributed by atoms with Crippen LogP contribution in [0.25, 0.3) is 10.9 Å². The van der Waals surface area contributed by atoms with E-state index in [0.29, 0.717) is 18.2 Å². The van der Waals surface area contributed by atoms with Gasteiger partial charge in [-0.05, 0) is 38.4 Å². The van der Waals surface area contributed by atoms with Crippen molar-refractivity contribution < 1.29 is 4.52 Å². The number of nitrogens with zero attached hydrogens (tertiary/aromatic N) is 5. The number of anilines is 1. The minimum absolute atomic E-state index is 0.276. The fourth-order valence-corrected chi connectivity index (χ4v) is 3.30. The Morgan fingerprint density at radius 3 is 2.96 bits per heavy atom. The van der Waals surface area contributed by atoms with Gasteiger partial charge in [-0.25, -0.2) is 9.97 Å². The van der Waals surface area contributed by atoms with Gasteiger partial charge in [0.05, 0.1) is 18.0 Å². The van der Waals surface area contributed by atoms with Crippen molar-refractivity contribution >= 4 is 16.7 Å². The Hall–Kier alpha value is -2.54. The summed E-state index contributed by atoms with van der Waals surface area (Å²) in [5.41, 5.74) is 6.97. The minimum atomic E-state index is 0.276. The molecule has 3 heterocycles. The molecular formula is C17H20N6O. The van der Waals surface area contributed by atoms with Gasteiger partial charge in [-0.15, -0.1) is 0 Å². The molecule has 1 saturated heterocycles. The predicted octanol–water partition coefficient (Wildman–Crippen LogP) is 2.28. The second kappa shape index (κ2) is 6.16. The first kappa shape index (κ1) is 15.0. The molecule has 0 amide bonds.